The Labute approximate surface area is 170 Å². The van der Waals surface area contributed by atoms with Gasteiger partial charge in [-0.25, -0.2) is 4.68 Å². The third-order valence-electron chi connectivity index (χ3n) is 4.84. The van der Waals surface area contributed by atoms with Crippen molar-refractivity contribution in [2.24, 2.45) is 0 Å². The van der Waals surface area contributed by atoms with Gasteiger partial charge in [-0.15, -0.1) is 0 Å². The number of carbonyl (C=O) groups is 1. The minimum atomic E-state index is -0.300. The second-order valence-corrected chi connectivity index (χ2v) is 6.69. The maximum atomic E-state index is 12.2. The van der Waals surface area contributed by atoms with Crippen LogP contribution in [0.3, 0.4) is 0 Å². The van der Waals surface area contributed by atoms with Crippen molar-refractivity contribution in [3.8, 4) is 17.5 Å². The molecule has 0 spiro atoms. The SMILES string of the molecule is COc1cccc(-n2nc(C)c(CCC(=O)OCc3ccccc3C#N)c2C)c1. The van der Waals surface area contributed by atoms with Crippen molar-refractivity contribution < 1.29 is 14.3 Å². The van der Waals surface area contributed by atoms with Crippen LogP contribution in [0, 0.1) is 25.2 Å². The summed E-state index contributed by atoms with van der Waals surface area (Å²) in [7, 11) is 1.63. The molecule has 0 radical (unpaired) electrons. The van der Waals surface area contributed by atoms with E-state index < -0.39 is 0 Å². The Kier molecular flexibility index (Phi) is 6.30. The molecule has 148 valence electrons. The van der Waals surface area contributed by atoms with Crippen molar-refractivity contribution >= 4 is 5.97 Å². The Bertz CT molecular complexity index is 1060. The predicted octanol–water partition coefficient (Wildman–Crippen LogP) is 4.05. The van der Waals surface area contributed by atoms with Crippen LogP contribution < -0.4 is 4.74 Å². The number of esters is 1. The van der Waals surface area contributed by atoms with Crippen LogP contribution in [0.4, 0.5) is 0 Å². The van der Waals surface area contributed by atoms with Gasteiger partial charge in [0.25, 0.3) is 0 Å². The molecular weight excluding hydrogens is 366 g/mol. The van der Waals surface area contributed by atoms with Gasteiger partial charge >= 0.3 is 5.97 Å². The van der Waals surface area contributed by atoms with E-state index in [2.05, 4.69) is 11.2 Å². The van der Waals surface area contributed by atoms with Gasteiger partial charge in [0.2, 0.25) is 0 Å². The highest BCUT2D eigenvalue weighted by Crippen LogP contribution is 2.22. The zero-order valence-electron chi connectivity index (χ0n) is 16.8. The van der Waals surface area contributed by atoms with Gasteiger partial charge in [-0.2, -0.15) is 10.4 Å². The maximum absolute atomic E-state index is 12.2. The van der Waals surface area contributed by atoms with Gasteiger partial charge in [-0.1, -0.05) is 24.3 Å². The molecule has 1 heterocycles. The lowest BCUT2D eigenvalue weighted by Crippen LogP contribution is -2.07. The molecule has 0 bridgehead atoms. The monoisotopic (exact) mass is 389 g/mol. The van der Waals surface area contributed by atoms with Crippen molar-refractivity contribution in [1.82, 2.24) is 9.78 Å². The third kappa shape index (κ3) is 4.64. The first-order valence-electron chi connectivity index (χ1n) is 9.36. The van der Waals surface area contributed by atoms with Crippen molar-refractivity contribution in [3.05, 3.63) is 76.6 Å². The van der Waals surface area contributed by atoms with E-state index in [-0.39, 0.29) is 19.0 Å². The molecule has 0 amide bonds. The number of ether oxygens (including phenoxy) is 2. The molecule has 0 fully saturated rings. The summed E-state index contributed by atoms with van der Waals surface area (Å²) in [6.45, 7) is 4.03. The van der Waals surface area contributed by atoms with Crippen LogP contribution in [0.5, 0.6) is 5.75 Å². The Morgan fingerprint density at radius 2 is 1.97 bits per heavy atom. The lowest BCUT2D eigenvalue weighted by atomic mass is 10.1. The largest absolute Gasteiger partial charge is 0.497 e. The second-order valence-electron chi connectivity index (χ2n) is 6.69. The predicted molar refractivity (Wildman–Crippen MR) is 109 cm³/mol. The molecule has 6 nitrogen and oxygen atoms in total. The number of nitrogens with zero attached hydrogens (tertiary/aromatic N) is 3. The smallest absolute Gasteiger partial charge is 0.306 e. The van der Waals surface area contributed by atoms with Gasteiger partial charge < -0.3 is 9.47 Å². The average Bonchev–Trinajstić information content (AvgIpc) is 3.04. The van der Waals surface area contributed by atoms with E-state index in [4.69, 9.17) is 14.7 Å². The number of hydrogen-bond acceptors (Lipinski definition) is 5. The Morgan fingerprint density at radius 1 is 1.17 bits per heavy atom. The van der Waals surface area contributed by atoms with Crippen LogP contribution in [0.25, 0.3) is 5.69 Å². The average molecular weight is 389 g/mol. The van der Waals surface area contributed by atoms with E-state index in [1.54, 1.807) is 25.3 Å². The number of rotatable bonds is 7. The molecule has 0 saturated carbocycles. The van der Waals surface area contributed by atoms with E-state index in [0.29, 0.717) is 17.5 Å². The van der Waals surface area contributed by atoms with Gasteiger partial charge in [0, 0.05) is 23.7 Å². The first-order chi connectivity index (χ1) is 14.0. The Morgan fingerprint density at radius 3 is 2.72 bits per heavy atom. The van der Waals surface area contributed by atoms with Crippen LogP contribution in [0.1, 0.15) is 34.5 Å². The first-order valence-corrected chi connectivity index (χ1v) is 9.36. The van der Waals surface area contributed by atoms with Crippen molar-refractivity contribution in [2.75, 3.05) is 7.11 Å². The summed E-state index contributed by atoms with van der Waals surface area (Å²) >= 11 is 0. The number of nitriles is 1. The molecule has 0 N–H and O–H groups in total. The van der Waals surface area contributed by atoms with E-state index >= 15 is 0 Å². The van der Waals surface area contributed by atoms with Crippen LogP contribution in [0.15, 0.2) is 48.5 Å². The van der Waals surface area contributed by atoms with Crippen LogP contribution in [0.2, 0.25) is 0 Å². The summed E-state index contributed by atoms with van der Waals surface area (Å²) in [5, 5.41) is 13.7. The number of aromatic nitrogens is 2. The van der Waals surface area contributed by atoms with Gasteiger partial charge in [0.05, 0.1) is 30.1 Å². The summed E-state index contributed by atoms with van der Waals surface area (Å²) in [6.07, 6.45) is 0.792. The fraction of sp³-hybridized carbons (Fsp3) is 0.261. The topological polar surface area (TPSA) is 77.1 Å². The fourth-order valence-corrected chi connectivity index (χ4v) is 3.24. The van der Waals surface area contributed by atoms with Crippen molar-refractivity contribution in [3.63, 3.8) is 0 Å². The molecule has 3 rings (SSSR count). The van der Waals surface area contributed by atoms with E-state index in [0.717, 1.165) is 28.4 Å². The highest BCUT2D eigenvalue weighted by Gasteiger charge is 2.15. The molecule has 29 heavy (non-hydrogen) atoms. The molecule has 0 atom stereocenters. The van der Waals surface area contributed by atoms with Crippen LogP contribution in [-0.2, 0) is 22.6 Å². The number of carbonyl (C=O) groups excluding carboxylic acids is 1. The minimum Gasteiger partial charge on any atom is -0.497 e. The lowest BCUT2D eigenvalue weighted by molar-refractivity contribution is -0.144. The normalized spacial score (nSPS) is 10.4. The van der Waals surface area contributed by atoms with Gasteiger partial charge in [-0.3, -0.25) is 4.79 Å². The van der Waals surface area contributed by atoms with Gasteiger partial charge in [0.1, 0.15) is 12.4 Å². The Balaban J connectivity index is 1.65. The number of aryl methyl sites for hydroxylation is 1. The summed E-state index contributed by atoms with van der Waals surface area (Å²) in [5.74, 6) is 0.462. The zero-order chi connectivity index (χ0) is 20.8. The molecule has 0 saturated heterocycles. The van der Waals surface area contributed by atoms with Crippen molar-refractivity contribution in [2.45, 2.75) is 33.3 Å². The van der Waals surface area contributed by atoms with Gasteiger partial charge in [-0.05, 0) is 44.0 Å². The summed E-state index contributed by atoms with van der Waals surface area (Å²) < 4.78 is 12.5. The molecule has 2 aromatic carbocycles. The van der Waals surface area contributed by atoms with E-state index in [1.165, 1.54) is 0 Å². The quantitative estimate of drug-likeness (QED) is 0.570. The molecule has 0 aliphatic heterocycles. The number of methoxy groups -OCH3 is 1. The number of benzene rings is 2. The highest BCUT2D eigenvalue weighted by molar-refractivity contribution is 5.70. The summed E-state index contributed by atoms with van der Waals surface area (Å²) in [6, 6.07) is 16.9. The fourth-order valence-electron chi connectivity index (χ4n) is 3.24. The first kappa shape index (κ1) is 20.2. The Hall–Kier alpha value is -3.59. The summed E-state index contributed by atoms with van der Waals surface area (Å²) in [4.78, 5) is 12.2. The molecular formula is C23H23N3O3. The molecule has 6 heteroatoms. The number of hydrogen-bond donors (Lipinski definition) is 0. The van der Waals surface area contributed by atoms with Gasteiger partial charge in [0.15, 0.2) is 0 Å². The van der Waals surface area contributed by atoms with E-state index in [1.807, 2.05) is 48.9 Å². The molecule has 3 aromatic rings. The minimum absolute atomic E-state index is 0.101. The molecule has 1 aromatic heterocycles. The second kappa shape index (κ2) is 9.07. The maximum Gasteiger partial charge on any atom is 0.306 e. The molecule has 0 aliphatic rings. The van der Waals surface area contributed by atoms with Crippen LogP contribution in [-0.4, -0.2) is 22.9 Å². The third-order valence-corrected chi connectivity index (χ3v) is 4.84. The lowest BCUT2D eigenvalue weighted by Gasteiger charge is -2.08. The van der Waals surface area contributed by atoms with Crippen LogP contribution >= 0.6 is 0 Å². The summed E-state index contributed by atoms with van der Waals surface area (Å²) in [5.41, 5.74) is 5.04. The standard InChI is InChI=1S/C23H23N3O3/c1-16-22(17(2)26(25-16)20-9-6-10-21(13-20)28-3)11-12-23(27)29-15-19-8-5-4-7-18(19)14-24/h4-10,13H,11-12,15H2,1-3H3. The molecule has 0 aliphatic carbocycles. The molecule has 0 unspecified atom stereocenters. The zero-order valence-corrected chi connectivity index (χ0v) is 16.8. The van der Waals surface area contributed by atoms with Crippen molar-refractivity contribution in [1.29, 1.82) is 5.26 Å². The highest BCUT2D eigenvalue weighted by atomic mass is 16.5. The van der Waals surface area contributed by atoms with E-state index in [9.17, 15) is 4.79 Å².